The van der Waals surface area contributed by atoms with E-state index < -0.39 is 6.03 Å². The molecule has 2 rings (SSSR count). The fraction of sp³-hybridized carbons (Fsp3) is 0.0714. The van der Waals surface area contributed by atoms with Gasteiger partial charge in [0.25, 0.3) is 0 Å². The smallest absolute Gasteiger partial charge is 0.323 e. The van der Waals surface area contributed by atoms with E-state index in [1.54, 1.807) is 37.3 Å². The number of carbonyl (C=O) groups excluding carboxylic acids is 1. The number of benzene rings is 2. The number of anilines is 2. The number of urea groups is 1. The van der Waals surface area contributed by atoms with Gasteiger partial charge in [-0.2, -0.15) is 0 Å². The van der Waals surface area contributed by atoms with Gasteiger partial charge in [0.15, 0.2) is 0 Å². The average molecular weight is 311 g/mol. The highest BCUT2D eigenvalue weighted by Crippen LogP contribution is 2.26. The van der Waals surface area contributed by atoms with Gasteiger partial charge in [0.1, 0.15) is 5.75 Å². The summed E-state index contributed by atoms with van der Waals surface area (Å²) in [6, 6.07) is 9.12. The summed E-state index contributed by atoms with van der Waals surface area (Å²) in [5.41, 5.74) is 1.66. The molecule has 0 unspecified atom stereocenters. The van der Waals surface area contributed by atoms with Crippen molar-refractivity contribution in [2.75, 3.05) is 10.6 Å². The number of halogens is 2. The Labute approximate surface area is 126 Å². The fourth-order valence-corrected chi connectivity index (χ4v) is 1.95. The molecule has 0 aliphatic rings. The molecule has 0 radical (unpaired) electrons. The van der Waals surface area contributed by atoms with Crippen molar-refractivity contribution in [1.29, 1.82) is 0 Å². The number of phenolic OH excluding ortho intramolecular Hbond substituents is 1. The number of rotatable bonds is 2. The maximum absolute atomic E-state index is 11.9. The van der Waals surface area contributed by atoms with Gasteiger partial charge in [0.05, 0.1) is 10.7 Å². The maximum Gasteiger partial charge on any atom is 0.323 e. The van der Waals surface area contributed by atoms with Crippen molar-refractivity contribution in [2.45, 2.75) is 6.92 Å². The van der Waals surface area contributed by atoms with Gasteiger partial charge in [-0.15, -0.1) is 0 Å². The molecular formula is C14H12Cl2N2O2. The molecule has 4 nitrogen and oxygen atoms in total. The van der Waals surface area contributed by atoms with Crippen LogP contribution in [0.2, 0.25) is 10.0 Å². The van der Waals surface area contributed by atoms with Gasteiger partial charge in [-0.1, -0.05) is 23.2 Å². The summed E-state index contributed by atoms with van der Waals surface area (Å²) in [5.74, 6) is 0.175. The lowest BCUT2D eigenvalue weighted by atomic mass is 10.2. The second-order valence-electron chi connectivity index (χ2n) is 4.20. The summed E-state index contributed by atoms with van der Waals surface area (Å²) >= 11 is 11.8. The third-order valence-electron chi connectivity index (χ3n) is 2.63. The van der Waals surface area contributed by atoms with Gasteiger partial charge in [-0.05, 0) is 48.9 Å². The van der Waals surface area contributed by atoms with Gasteiger partial charge >= 0.3 is 6.03 Å². The number of carbonyl (C=O) groups is 1. The molecule has 6 heteroatoms. The summed E-state index contributed by atoms with van der Waals surface area (Å²) < 4.78 is 0. The Hall–Kier alpha value is -1.91. The summed E-state index contributed by atoms with van der Waals surface area (Å²) in [5, 5.41) is 15.5. The Kier molecular flexibility index (Phi) is 4.37. The largest absolute Gasteiger partial charge is 0.508 e. The fourth-order valence-electron chi connectivity index (χ4n) is 1.61. The maximum atomic E-state index is 11.9. The number of amides is 2. The van der Waals surface area contributed by atoms with Crippen LogP contribution < -0.4 is 10.6 Å². The first kappa shape index (κ1) is 14.5. The van der Waals surface area contributed by atoms with Crippen molar-refractivity contribution in [3.8, 4) is 5.75 Å². The summed E-state index contributed by atoms with van der Waals surface area (Å²) in [6.45, 7) is 1.74. The number of phenols is 1. The Bertz CT molecular complexity index is 660. The summed E-state index contributed by atoms with van der Waals surface area (Å²) in [6.07, 6.45) is 0. The van der Waals surface area contributed by atoms with E-state index >= 15 is 0 Å². The Morgan fingerprint density at radius 3 is 2.55 bits per heavy atom. The lowest BCUT2D eigenvalue weighted by Crippen LogP contribution is -2.19. The van der Waals surface area contributed by atoms with Crippen molar-refractivity contribution >= 4 is 40.6 Å². The lowest BCUT2D eigenvalue weighted by Gasteiger charge is -2.10. The molecule has 0 bridgehead atoms. The predicted molar refractivity (Wildman–Crippen MR) is 81.9 cm³/mol. The second-order valence-corrected chi connectivity index (χ2v) is 5.05. The van der Waals surface area contributed by atoms with E-state index in [1.165, 1.54) is 6.07 Å². The molecule has 0 saturated carbocycles. The minimum atomic E-state index is -0.445. The molecule has 0 spiro atoms. The molecule has 3 N–H and O–H groups in total. The monoisotopic (exact) mass is 310 g/mol. The molecule has 0 atom stereocenters. The first-order valence-corrected chi connectivity index (χ1v) is 6.54. The number of nitrogens with one attached hydrogen (secondary N) is 2. The zero-order chi connectivity index (χ0) is 14.7. The van der Waals surface area contributed by atoms with E-state index in [2.05, 4.69) is 10.6 Å². The van der Waals surface area contributed by atoms with Crippen LogP contribution in [0.5, 0.6) is 5.75 Å². The first-order chi connectivity index (χ1) is 9.45. The Balaban J connectivity index is 2.09. The third-order valence-corrected chi connectivity index (χ3v) is 3.20. The molecular weight excluding hydrogens is 299 g/mol. The number of hydrogen-bond donors (Lipinski definition) is 3. The van der Waals surface area contributed by atoms with E-state index in [9.17, 15) is 9.90 Å². The van der Waals surface area contributed by atoms with Crippen LogP contribution in [0.25, 0.3) is 0 Å². The number of hydrogen-bond acceptors (Lipinski definition) is 2. The van der Waals surface area contributed by atoms with Crippen molar-refractivity contribution in [2.24, 2.45) is 0 Å². The zero-order valence-corrected chi connectivity index (χ0v) is 12.1. The topological polar surface area (TPSA) is 61.4 Å². The standard InChI is InChI=1S/C14H12Cl2N2O2/c1-8-6-10(3-5-13(8)19)17-14(20)18-12-7-9(15)2-4-11(12)16/h2-7,19H,1H3,(H2,17,18,20). The molecule has 2 aromatic rings. The Morgan fingerprint density at radius 1 is 1.10 bits per heavy atom. The van der Waals surface area contributed by atoms with Crippen molar-refractivity contribution in [1.82, 2.24) is 0 Å². The quantitative estimate of drug-likeness (QED) is 0.707. The van der Waals surface area contributed by atoms with Gasteiger partial charge in [0.2, 0.25) is 0 Å². The van der Waals surface area contributed by atoms with Crippen molar-refractivity contribution < 1.29 is 9.90 Å². The molecule has 2 aromatic carbocycles. The van der Waals surface area contributed by atoms with Crippen LogP contribution in [-0.2, 0) is 0 Å². The third kappa shape index (κ3) is 3.56. The van der Waals surface area contributed by atoms with E-state index in [1.807, 2.05) is 0 Å². The molecule has 0 aliphatic heterocycles. The van der Waals surface area contributed by atoms with Crippen LogP contribution in [0, 0.1) is 6.92 Å². The molecule has 2 amide bonds. The second kappa shape index (κ2) is 6.03. The van der Waals surface area contributed by atoms with Crippen LogP contribution in [0.3, 0.4) is 0 Å². The van der Waals surface area contributed by atoms with E-state index in [0.29, 0.717) is 27.0 Å². The minimum absolute atomic E-state index is 0.175. The van der Waals surface area contributed by atoms with Crippen molar-refractivity contribution in [3.05, 3.63) is 52.0 Å². The first-order valence-electron chi connectivity index (χ1n) is 5.78. The minimum Gasteiger partial charge on any atom is -0.508 e. The van der Waals surface area contributed by atoms with Gasteiger partial charge in [0, 0.05) is 10.7 Å². The summed E-state index contributed by atoms with van der Waals surface area (Å²) in [4.78, 5) is 11.9. The van der Waals surface area contributed by atoms with E-state index in [-0.39, 0.29) is 5.75 Å². The molecule has 20 heavy (non-hydrogen) atoms. The molecule has 0 saturated heterocycles. The molecule has 0 heterocycles. The van der Waals surface area contributed by atoms with Gasteiger partial charge in [-0.3, -0.25) is 0 Å². The van der Waals surface area contributed by atoms with Crippen LogP contribution >= 0.6 is 23.2 Å². The number of aromatic hydroxyl groups is 1. The molecule has 0 aliphatic carbocycles. The average Bonchev–Trinajstić information content (AvgIpc) is 2.38. The highest BCUT2D eigenvalue weighted by atomic mass is 35.5. The normalized spacial score (nSPS) is 10.2. The van der Waals surface area contributed by atoms with Gasteiger partial charge < -0.3 is 15.7 Å². The zero-order valence-electron chi connectivity index (χ0n) is 10.6. The van der Waals surface area contributed by atoms with E-state index in [0.717, 1.165) is 0 Å². The molecule has 0 aromatic heterocycles. The number of aryl methyl sites for hydroxylation is 1. The highest BCUT2D eigenvalue weighted by molar-refractivity contribution is 6.35. The van der Waals surface area contributed by atoms with Crippen LogP contribution in [0.15, 0.2) is 36.4 Å². The highest BCUT2D eigenvalue weighted by Gasteiger charge is 2.07. The van der Waals surface area contributed by atoms with Gasteiger partial charge in [-0.25, -0.2) is 4.79 Å². The molecule has 104 valence electrons. The molecule has 0 fully saturated rings. The van der Waals surface area contributed by atoms with E-state index in [4.69, 9.17) is 23.2 Å². The van der Waals surface area contributed by atoms with Crippen LogP contribution in [0.4, 0.5) is 16.2 Å². The lowest BCUT2D eigenvalue weighted by molar-refractivity contribution is 0.262. The van der Waals surface area contributed by atoms with Crippen LogP contribution in [0.1, 0.15) is 5.56 Å². The van der Waals surface area contributed by atoms with Crippen molar-refractivity contribution in [3.63, 3.8) is 0 Å². The summed E-state index contributed by atoms with van der Waals surface area (Å²) in [7, 11) is 0. The van der Waals surface area contributed by atoms with Crippen LogP contribution in [-0.4, -0.2) is 11.1 Å². The predicted octanol–water partition coefficient (Wildman–Crippen LogP) is 4.65. The SMILES string of the molecule is Cc1cc(NC(=O)Nc2cc(Cl)ccc2Cl)ccc1O. The Morgan fingerprint density at radius 2 is 1.85 bits per heavy atom.